The van der Waals surface area contributed by atoms with E-state index in [4.69, 9.17) is 5.73 Å². The molecule has 1 aliphatic rings. The van der Waals surface area contributed by atoms with Crippen LogP contribution in [0.2, 0.25) is 0 Å². The Morgan fingerprint density at radius 3 is 2.48 bits per heavy atom. The molecule has 4 nitrogen and oxygen atoms in total. The summed E-state index contributed by atoms with van der Waals surface area (Å²) in [6.45, 7) is 2.72. The van der Waals surface area contributed by atoms with Crippen molar-refractivity contribution in [1.82, 2.24) is 4.90 Å². The molecule has 120 valence electrons. The van der Waals surface area contributed by atoms with Crippen LogP contribution in [0.1, 0.15) is 31.2 Å². The minimum Gasteiger partial charge on any atom is -0.330 e. The van der Waals surface area contributed by atoms with Crippen LogP contribution in [0.5, 0.6) is 0 Å². The van der Waals surface area contributed by atoms with Crippen LogP contribution in [0.15, 0.2) is 29.2 Å². The van der Waals surface area contributed by atoms with Crippen molar-refractivity contribution in [3.05, 3.63) is 29.8 Å². The maximum absolute atomic E-state index is 11.4. The summed E-state index contributed by atoms with van der Waals surface area (Å²) in [5, 5.41) is 0. The minimum absolute atomic E-state index is 0. The van der Waals surface area contributed by atoms with Gasteiger partial charge in [0.2, 0.25) is 0 Å². The second-order valence-electron chi connectivity index (χ2n) is 5.61. The molecule has 0 aliphatic carbocycles. The zero-order valence-corrected chi connectivity index (χ0v) is 14.1. The largest absolute Gasteiger partial charge is 0.330 e. The van der Waals surface area contributed by atoms with E-state index in [-0.39, 0.29) is 12.4 Å². The number of piperidine rings is 1. The van der Waals surface area contributed by atoms with Gasteiger partial charge in [0, 0.05) is 18.8 Å². The van der Waals surface area contributed by atoms with Crippen LogP contribution in [0.3, 0.4) is 0 Å². The standard InChI is InChI=1S/C15H24N2O2S.ClH/c1-20(18,19)15-7-5-13(6-8-15)12-17-11-3-2-4-14(17)9-10-16;/h5-8,14H,2-4,9-12,16H2,1H3;1H. The lowest BCUT2D eigenvalue weighted by molar-refractivity contribution is 0.134. The highest BCUT2D eigenvalue weighted by Crippen LogP contribution is 2.22. The van der Waals surface area contributed by atoms with Gasteiger partial charge in [-0.2, -0.15) is 0 Å². The smallest absolute Gasteiger partial charge is 0.175 e. The number of benzene rings is 1. The fourth-order valence-electron chi connectivity index (χ4n) is 2.86. The predicted octanol–water partition coefficient (Wildman–Crippen LogP) is 2.22. The molecule has 21 heavy (non-hydrogen) atoms. The number of nitrogens with zero attached hydrogens (tertiary/aromatic N) is 1. The van der Waals surface area contributed by atoms with E-state index in [2.05, 4.69) is 4.90 Å². The van der Waals surface area contributed by atoms with Gasteiger partial charge >= 0.3 is 0 Å². The normalized spacial score (nSPS) is 20.0. The third-order valence-electron chi connectivity index (χ3n) is 3.99. The second kappa shape index (κ2) is 8.13. The lowest BCUT2D eigenvalue weighted by atomic mass is 9.98. The van der Waals surface area contributed by atoms with Crippen molar-refractivity contribution in [2.24, 2.45) is 5.73 Å². The molecule has 2 rings (SSSR count). The van der Waals surface area contributed by atoms with Gasteiger partial charge in [-0.15, -0.1) is 12.4 Å². The van der Waals surface area contributed by atoms with Gasteiger partial charge in [-0.05, 0) is 50.0 Å². The number of likely N-dealkylation sites (tertiary alicyclic amines) is 1. The van der Waals surface area contributed by atoms with Gasteiger partial charge in [0.15, 0.2) is 9.84 Å². The predicted molar refractivity (Wildman–Crippen MR) is 88.5 cm³/mol. The SMILES string of the molecule is CS(=O)(=O)c1ccc(CN2CCCCC2CCN)cc1.Cl. The second-order valence-corrected chi connectivity index (χ2v) is 7.63. The molecular weight excluding hydrogens is 308 g/mol. The number of hydrogen-bond donors (Lipinski definition) is 1. The Morgan fingerprint density at radius 1 is 1.24 bits per heavy atom. The molecule has 0 amide bonds. The van der Waals surface area contributed by atoms with Crippen molar-refractivity contribution in [3.63, 3.8) is 0 Å². The first-order valence-corrected chi connectivity index (χ1v) is 9.13. The van der Waals surface area contributed by atoms with Gasteiger partial charge in [-0.1, -0.05) is 18.6 Å². The number of nitrogens with two attached hydrogens (primary N) is 1. The van der Waals surface area contributed by atoms with Crippen LogP contribution in [0, 0.1) is 0 Å². The topological polar surface area (TPSA) is 63.4 Å². The number of rotatable bonds is 5. The van der Waals surface area contributed by atoms with Crippen LogP contribution < -0.4 is 5.73 Å². The summed E-state index contributed by atoms with van der Waals surface area (Å²) in [6, 6.07) is 7.82. The molecule has 1 aromatic carbocycles. The third kappa shape index (κ3) is 5.25. The van der Waals surface area contributed by atoms with E-state index < -0.39 is 9.84 Å². The molecule has 1 aliphatic heterocycles. The molecule has 0 radical (unpaired) electrons. The van der Waals surface area contributed by atoms with Crippen molar-refractivity contribution in [2.45, 2.75) is 43.2 Å². The van der Waals surface area contributed by atoms with Crippen molar-refractivity contribution in [2.75, 3.05) is 19.3 Å². The van der Waals surface area contributed by atoms with Crippen molar-refractivity contribution in [1.29, 1.82) is 0 Å². The first-order chi connectivity index (χ1) is 9.50. The van der Waals surface area contributed by atoms with Crippen LogP contribution in [-0.2, 0) is 16.4 Å². The van der Waals surface area contributed by atoms with Crippen molar-refractivity contribution >= 4 is 22.2 Å². The average Bonchev–Trinajstić information content (AvgIpc) is 2.41. The number of sulfone groups is 1. The van der Waals surface area contributed by atoms with Crippen LogP contribution >= 0.6 is 12.4 Å². The Hall–Kier alpha value is -0.620. The summed E-state index contributed by atoms with van der Waals surface area (Å²) in [6.07, 6.45) is 6.03. The zero-order chi connectivity index (χ0) is 14.6. The molecule has 1 atom stereocenters. The Balaban J connectivity index is 0.00000220. The molecular formula is C15H25ClN2O2S. The minimum atomic E-state index is -3.10. The lowest BCUT2D eigenvalue weighted by Gasteiger charge is -2.35. The molecule has 0 spiro atoms. The quantitative estimate of drug-likeness (QED) is 0.898. The molecule has 0 saturated carbocycles. The van der Waals surface area contributed by atoms with E-state index >= 15 is 0 Å². The fraction of sp³-hybridized carbons (Fsp3) is 0.600. The molecule has 1 saturated heterocycles. The van der Waals surface area contributed by atoms with Gasteiger partial charge in [-0.25, -0.2) is 8.42 Å². The van der Waals surface area contributed by atoms with Gasteiger partial charge in [0.25, 0.3) is 0 Å². The van der Waals surface area contributed by atoms with Crippen LogP contribution in [0.25, 0.3) is 0 Å². The summed E-state index contributed by atoms with van der Waals surface area (Å²) >= 11 is 0. The maximum atomic E-state index is 11.4. The van der Waals surface area contributed by atoms with E-state index in [0.717, 1.165) is 26.1 Å². The summed E-state index contributed by atoms with van der Waals surface area (Å²) in [5.41, 5.74) is 6.86. The van der Waals surface area contributed by atoms with Crippen LogP contribution in [0.4, 0.5) is 0 Å². The highest BCUT2D eigenvalue weighted by atomic mass is 35.5. The Bertz CT molecular complexity index is 529. The Morgan fingerprint density at radius 2 is 1.90 bits per heavy atom. The third-order valence-corrected chi connectivity index (χ3v) is 5.11. The molecule has 1 heterocycles. The average molecular weight is 333 g/mol. The Kier molecular flexibility index (Phi) is 7.13. The van der Waals surface area contributed by atoms with Gasteiger partial charge in [-0.3, -0.25) is 4.90 Å². The summed E-state index contributed by atoms with van der Waals surface area (Å²) in [7, 11) is -3.10. The van der Waals surface area contributed by atoms with Crippen molar-refractivity contribution < 1.29 is 8.42 Å². The van der Waals surface area contributed by atoms with E-state index in [1.54, 1.807) is 12.1 Å². The summed E-state index contributed by atoms with van der Waals surface area (Å²) < 4.78 is 22.9. The number of halogens is 1. The lowest BCUT2D eigenvalue weighted by Crippen LogP contribution is -2.40. The van der Waals surface area contributed by atoms with Crippen LogP contribution in [-0.4, -0.2) is 38.7 Å². The van der Waals surface area contributed by atoms with E-state index in [0.29, 0.717) is 10.9 Å². The first kappa shape index (κ1) is 18.4. The molecule has 0 aromatic heterocycles. The van der Waals surface area contributed by atoms with E-state index in [1.807, 2.05) is 12.1 Å². The summed E-state index contributed by atoms with van der Waals surface area (Å²) in [4.78, 5) is 2.87. The molecule has 6 heteroatoms. The first-order valence-electron chi connectivity index (χ1n) is 7.24. The summed E-state index contributed by atoms with van der Waals surface area (Å²) in [5.74, 6) is 0. The highest BCUT2D eigenvalue weighted by molar-refractivity contribution is 7.90. The molecule has 2 N–H and O–H groups in total. The Labute approximate surface area is 134 Å². The van der Waals surface area contributed by atoms with E-state index in [1.165, 1.54) is 31.1 Å². The van der Waals surface area contributed by atoms with Crippen molar-refractivity contribution in [3.8, 4) is 0 Å². The molecule has 0 bridgehead atoms. The highest BCUT2D eigenvalue weighted by Gasteiger charge is 2.21. The van der Waals surface area contributed by atoms with Gasteiger partial charge < -0.3 is 5.73 Å². The van der Waals surface area contributed by atoms with E-state index in [9.17, 15) is 8.42 Å². The monoisotopic (exact) mass is 332 g/mol. The molecule has 1 aromatic rings. The fourth-order valence-corrected chi connectivity index (χ4v) is 3.49. The number of hydrogen-bond acceptors (Lipinski definition) is 4. The maximum Gasteiger partial charge on any atom is 0.175 e. The zero-order valence-electron chi connectivity index (χ0n) is 12.5. The van der Waals surface area contributed by atoms with Gasteiger partial charge in [0.05, 0.1) is 4.90 Å². The molecule has 1 unspecified atom stereocenters. The molecule has 1 fully saturated rings. The van der Waals surface area contributed by atoms with Gasteiger partial charge in [0.1, 0.15) is 0 Å².